The van der Waals surface area contributed by atoms with Gasteiger partial charge in [-0.2, -0.15) is 0 Å². The maximum Gasteiger partial charge on any atom is 0.120 e. The Morgan fingerprint density at radius 1 is 1.09 bits per heavy atom. The Labute approximate surface area is 143 Å². The molecule has 0 saturated carbocycles. The maximum atomic E-state index is 12.2. The van der Waals surface area contributed by atoms with Crippen LogP contribution < -0.4 is 4.74 Å². The molecule has 1 atom stereocenters. The molecule has 0 fully saturated rings. The number of ether oxygens (including phenoxy) is 1. The number of rotatable bonds is 6. The molecule has 1 unspecified atom stereocenters. The number of methoxy groups -OCH3 is 1. The van der Waals surface area contributed by atoms with Gasteiger partial charge in [-0.05, 0) is 42.3 Å². The van der Waals surface area contributed by atoms with Crippen molar-refractivity contribution in [1.82, 2.24) is 0 Å². The molecular weight excluding hydrogens is 339 g/mol. The van der Waals surface area contributed by atoms with Gasteiger partial charge in [0.1, 0.15) is 5.75 Å². The summed E-state index contributed by atoms with van der Waals surface area (Å²) in [6, 6.07) is 12.9. The number of hydrogen-bond donors (Lipinski definition) is 0. The first kappa shape index (κ1) is 17.1. The predicted molar refractivity (Wildman–Crippen MR) is 93.6 cm³/mol. The Kier molecular flexibility index (Phi) is 6.49. The minimum absolute atomic E-state index is 0.467. The SMILES string of the molecule is COc1cccc(S(=O)CC=CCc2ccc(Cl)c(Cl)c2)c1. The molecular formula is C17H16Cl2O2S. The summed E-state index contributed by atoms with van der Waals surface area (Å²) in [5.74, 6) is 1.18. The average Bonchev–Trinajstić information content (AvgIpc) is 2.54. The second kappa shape index (κ2) is 8.37. The monoisotopic (exact) mass is 354 g/mol. The van der Waals surface area contributed by atoms with Gasteiger partial charge in [0, 0.05) is 10.6 Å². The molecule has 0 aliphatic heterocycles. The average molecular weight is 355 g/mol. The molecule has 2 aromatic rings. The standard InChI is InChI=1S/C17H16Cl2O2S/c1-21-14-6-4-7-15(12-14)22(20)10-3-2-5-13-8-9-16(18)17(19)11-13/h2-4,6-9,11-12H,5,10H2,1H3. The summed E-state index contributed by atoms with van der Waals surface area (Å²) in [4.78, 5) is 0.763. The summed E-state index contributed by atoms with van der Waals surface area (Å²) < 4.78 is 17.3. The molecule has 0 heterocycles. The van der Waals surface area contributed by atoms with Crippen molar-refractivity contribution in [2.24, 2.45) is 0 Å². The lowest BCUT2D eigenvalue weighted by Gasteiger charge is -2.03. The summed E-state index contributed by atoms with van der Waals surface area (Å²) in [7, 11) is 0.521. The lowest BCUT2D eigenvalue weighted by atomic mass is 10.1. The van der Waals surface area contributed by atoms with Gasteiger partial charge in [-0.3, -0.25) is 4.21 Å². The van der Waals surface area contributed by atoms with Crippen LogP contribution in [0, 0.1) is 0 Å². The van der Waals surface area contributed by atoms with Crippen molar-refractivity contribution in [2.75, 3.05) is 12.9 Å². The number of halogens is 2. The predicted octanol–water partition coefficient (Wildman–Crippen LogP) is 4.91. The molecule has 22 heavy (non-hydrogen) atoms. The van der Waals surface area contributed by atoms with Crippen molar-refractivity contribution in [3.8, 4) is 5.75 Å². The first-order valence-electron chi connectivity index (χ1n) is 6.71. The van der Waals surface area contributed by atoms with E-state index >= 15 is 0 Å². The number of benzene rings is 2. The van der Waals surface area contributed by atoms with Gasteiger partial charge >= 0.3 is 0 Å². The van der Waals surface area contributed by atoms with Gasteiger partial charge in [-0.15, -0.1) is 0 Å². The van der Waals surface area contributed by atoms with Crippen LogP contribution >= 0.6 is 23.2 Å². The van der Waals surface area contributed by atoms with Gasteiger partial charge < -0.3 is 4.74 Å². The number of hydrogen-bond acceptors (Lipinski definition) is 2. The Hall–Kier alpha value is -1.29. The van der Waals surface area contributed by atoms with Crippen molar-refractivity contribution in [3.63, 3.8) is 0 Å². The van der Waals surface area contributed by atoms with Gasteiger partial charge in [0.25, 0.3) is 0 Å². The molecule has 0 amide bonds. The second-order valence-corrected chi connectivity index (χ2v) is 6.93. The third kappa shape index (κ3) is 4.87. The molecule has 0 N–H and O–H groups in total. The van der Waals surface area contributed by atoms with Crippen molar-refractivity contribution in [2.45, 2.75) is 11.3 Å². The van der Waals surface area contributed by atoms with Crippen LogP contribution in [-0.2, 0) is 17.2 Å². The molecule has 0 aromatic heterocycles. The van der Waals surface area contributed by atoms with Crippen molar-refractivity contribution >= 4 is 34.0 Å². The minimum atomic E-state index is -1.08. The fourth-order valence-corrected chi connectivity index (χ4v) is 3.18. The summed E-state index contributed by atoms with van der Waals surface area (Å²) in [5.41, 5.74) is 1.07. The fourth-order valence-electron chi connectivity index (χ4n) is 1.88. The molecule has 0 radical (unpaired) electrons. The van der Waals surface area contributed by atoms with E-state index in [1.807, 2.05) is 42.5 Å². The smallest absolute Gasteiger partial charge is 0.120 e. The third-order valence-electron chi connectivity index (χ3n) is 3.06. The quantitative estimate of drug-likeness (QED) is 0.689. The van der Waals surface area contributed by atoms with E-state index in [-0.39, 0.29) is 0 Å². The Balaban J connectivity index is 1.91. The van der Waals surface area contributed by atoms with Crippen LogP contribution in [0.3, 0.4) is 0 Å². The second-order valence-electron chi connectivity index (χ2n) is 4.62. The molecule has 2 aromatic carbocycles. The highest BCUT2D eigenvalue weighted by Gasteiger charge is 2.03. The lowest BCUT2D eigenvalue weighted by Crippen LogP contribution is -1.96. The van der Waals surface area contributed by atoms with Crippen LogP contribution in [0.1, 0.15) is 5.56 Å². The van der Waals surface area contributed by atoms with Gasteiger partial charge in [0.05, 0.1) is 28.0 Å². The van der Waals surface area contributed by atoms with Gasteiger partial charge in [0.15, 0.2) is 0 Å². The minimum Gasteiger partial charge on any atom is -0.497 e. The van der Waals surface area contributed by atoms with E-state index in [4.69, 9.17) is 27.9 Å². The fraction of sp³-hybridized carbons (Fsp3) is 0.176. The zero-order valence-corrected chi connectivity index (χ0v) is 14.4. The summed E-state index contributed by atoms with van der Waals surface area (Å²) in [5, 5.41) is 1.10. The van der Waals surface area contributed by atoms with E-state index in [9.17, 15) is 4.21 Å². The molecule has 2 rings (SSSR count). The van der Waals surface area contributed by atoms with E-state index in [0.29, 0.717) is 21.5 Å². The Morgan fingerprint density at radius 3 is 2.64 bits per heavy atom. The molecule has 0 bridgehead atoms. The highest BCUT2D eigenvalue weighted by Crippen LogP contribution is 2.23. The van der Waals surface area contributed by atoms with Crippen LogP contribution in [0.15, 0.2) is 59.5 Å². The van der Waals surface area contributed by atoms with Crippen molar-refractivity contribution in [1.29, 1.82) is 0 Å². The highest BCUT2D eigenvalue weighted by atomic mass is 35.5. The maximum absolute atomic E-state index is 12.2. The third-order valence-corrected chi connectivity index (χ3v) is 5.07. The van der Waals surface area contributed by atoms with Crippen molar-refractivity contribution in [3.05, 3.63) is 70.2 Å². The van der Waals surface area contributed by atoms with Crippen LogP contribution in [0.25, 0.3) is 0 Å². The zero-order valence-electron chi connectivity index (χ0n) is 12.1. The summed E-state index contributed by atoms with van der Waals surface area (Å²) in [6.45, 7) is 0. The molecule has 0 aliphatic carbocycles. The van der Waals surface area contributed by atoms with E-state index in [0.717, 1.165) is 16.9 Å². The van der Waals surface area contributed by atoms with Gasteiger partial charge in [0.2, 0.25) is 0 Å². The van der Waals surface area contributed by atoms with Gasteiger partial charge in [-0.1, -0.05) is 47.5 Å². The normalized spacial score (nSPS) is 12.5. The van der Waals surface area contributed by atoms with Crippen LogP contribution in [-0.4, -0.2) is 17.1 Å². The molecule has 0 spiro atoms. The summed E-state index contributed by atoms with van der Waals surface area (Å²) >= 11 is 11.8. The van der Waals surface area contributed by atoms with E-state index in [2.05, 4.69) is 0 Å². The van der Waals surface area contributed by atoms with E-state index < -0.39 is 10.8 Å². The first-order chi connectivity index (χ1) is 10.6. The number of allylic oxidation sites excluding steroid dienone is 1. The van der Waals surface area contributed by atoms with Gasteiger partial charge in [-0.25, -0.2) is 0 Å². The van der Waals surface area contributed by atoms with Crippen LogP contribution in [0.4, 0.5) is 0 Å². The van der Waals surface area contributed by atoms with E-state index in [1.54, 1.807) is 19.2 Å². The Morgan fingerprint density at radius 2 is 1.91 bits per heavy atom. The van der Waals surface area contributed by atoms with Crippen LogP contribution in [0.2, 0.25) is 10.0 Å². The highest BCUT2D eigenvalue weighted by molar-refractivity contribution is 7.85. The Bertz CT molecular complexity index is 699. The largest absolute Gasteiger partial charge is 0.497 e. The van der Waals surface area contributed by atoms with Crippen molar-refractivity contribution < 1.29 is 8.95 Å². The van der Waals surface area contributed by atoms with E-state index in [1.165, 1.54) is 0 Å². The molecule has 2 nitrogen and oxygen atoms in total. The topological polar surface area (TPSA) is 26.3 Å². The first-order valence-corrected chi connectivity index (χ1v) is 8.79. The molecule has 116 valence electrons. The molecule has 5 heteroatoms. The van der Waals surface area contributed by atoms with Crippen LogP contribution in [0.5, 0.6) is 5.75 Å². The lowest BCUT2D eigenvalue weighted by molar-refractivity contribution is 0.413. The zero-order chi connectivity index (χ0) is 15.9. The molecule has 0 aliphatic rings. The summed E-state index contributed by atoms with van der Waals surface area (Å²) in [6.07, 6.45) is 4.63. The molecule has 0 saturated heterocycles.